The van der Waals surface area contributed by atoms with Crippen LogP contribution in [0.1, 0.15) is 32.6 Å². The molecule has 0 unspecified atom stereocenters. The van der Waals surface area contributed by atoms with E-state index in [-0.39, 0.29) is 0 Å². The number of benzene rings is 2. The summed E-state index contributed by atoms with van der Waals surface area (Å²) < 4.78 is 27.8. The molecular weight excluding hydrogens is 344 g/mol. The fourth-order valence-corrected chi connectivity index (χ4v) is 6.03. The molecule has 2 aliphatic rings. The molecule has 2 aromatic carbocycles. The van der Waals surface area contributed by atoms with Crippen LogP contribution in [-0.4, -0.2) is 44.9 Å². The van der Waals surface area contributed by atoms with E-state index in [1.54, 1.807) is 15.3 Å². The Labute approximate surface area is 156 Å². The molecule has 0 saturated carbocycles. The molecule has 2 heterocycles. The molecule has 140 valence electrons. The summed E-state index contributed by atoms with van der Waals surface area (Å²) in [5.74, 6) is 0.854. The molecule has 2 aromatic rings. The molecule has 2 saturated heterocycles. The van der Waals surface area contributed by atoms with Crippen molar-refractivity contribution in [1.29, 1.82) is 0 Å². The SMILES string of the molecule is CC1CC[NH+](C2CCN(S(=O)(=O)c3ccc4ccccc4c3)CC2)CC1. The van der Waals surface area contributed by atoms with E-state index in [1.807, 2.05) is 36.4 Å². The third kappa shape index (κ3) is 3.53. The van der Waals surface area contributed by atoms with Crippen LogP contribution in [0.3, 0.4) is 0 Å². The second-order valence-corrected chi connectivity index (χ2v) is 9.97. The first-order valence-corrected chi connectivity index (χ1v) is 11.3. The third-order valence-corrected chi connectivity index (χ3v) is 8.20. The lowest BCUT2D eigenvalue weighted by Gasteiger charge is -2.38. The van der Waals surface area contributed by atoms with Crippen molar-refractivity contribution in [2.24, 2.45) is 5.92 Å². The maximum absolute atomic E-state index is 13.1. The number of rotatable bonds is 3. The highest BCUT2D eigenvalue weighted by Gasteiger charge is 2.34. The highest BCUT2D eigenvalue weighted by Crippen LogP contribution is 2.24. The summed E-state index contributed by atoms with van der Waals surface area (Å²) in [5.41, 5.74) is 0. The lowest BCUT2D eigenvalue weighted by atomic mass is 9.95. The maximum atomic E-state index is 13.1. The van der Waals surface area contributed by atoms with Crippen LogP contribution in [0.2, 0.25) is 0 Å². The van der Waals surface area contributed by atoms with Crippen LogP contribution in [0.4, 0.5) is 0 Å². The number of nitrogens with zero attached hydrogens (tertiary/aromatic N) is 1. The predicted molar refractivity (Wildman–Crippen MR) is 105 cm³/mol. The number of fused-ring (bicyclic) bond motifs is 1. The summed E-state index contributed by atoms with van der Waals surface area (Å²) in [6.07, 6.45) is 4.59. The van der Waals surface area contributed by atoms with Gasteiger partial charge in [-0.3, -0.25) is 0 Å². The molecule has 26 heavy (non-hydrogen) atoms. The zero-order valence-corrected chi connectivity index (χ0v) is 16.3. The fraction of sp³-hybridized carbons (Fsp3) is 0.524. The van der Waals surface area contributed by atoms with Crippen molar-refractivity contribution in [3.05, 3.63) is 42.5 Å². The number of likely N-dealkylation sites (tertiary alicyclic amines) is 1. The van der Waals surface area contributed by atoms with Gasteiger partial charge in [0.1, 0.15) is 0 Å². The molecule has 4 nitrogen and oxygen atoms in total. The van der Waals surface area contributed by atoms with Gasteiger partial charge in [-0.1, -0.05) is 37.3 Å². The predicted octanol–water partition coefficient (Wildman–Crippen LogP) is 2.31. The molecule has 2 fully saturated rings. The number of nitrogens with one attached hydrogen (secondary N) is 1. The van der Waals surface area contributed by atoms with Crippen molar-refractivity contribution in [2.75, 3.05) is 26.2 Å². The summed E-state index contributed by atoms with van der Waals surface area (Å²) in [5, 5.41) is 2.06. The molecule has 0 aliphatic carbocycles. The number of hydrogen-bond acceptors (Lipinski definition) is 2. The molecule has 0 atom stereocenters. The third-order valence-electron chi connectivity index (χ3n) is 6.31. The lowest BCUT2D eigenvalue weighted by Crippen LogP contribution is -3.17. The minimum absolute atomic E-state index is 0.425. The topological polar surface area (TPSA) is 41.8 Å². The Morgan fingerprint density at radius 3 is 2.27 bits per heavy atom. The Balaban J connectivity index is 1.45. The second-order valence-electron chi connectivity index (χ2n) is 8.03. The lowest BCUT2D eigenvalue weighted by molar-refractivity contribution is -0.932. The van der Waals surface area contributed by atoms with Crippen LogP contribution in [-0.2, 0) is 10.0 Å². The quantitative estimate of drug-likeness (QED) is 0.897. The van der Waals surface area contributed by atoms with Crippen molar-refractivity contribution in [3.63, 3.8) is 0 Å². The summed E-state index contributed by atoms with van der Waals surface area (Å²) >= 11 is 0. The summed E-state index contributed by atoms with van der Waals surface area (Å²) in [6.45, 7) is 6.15. The van der Waals surface area contributed by atoms with Gasteiger partial charge in [0.25, 0.3) is 0 Å². The highest BCUT2D eigenvalue weighted by atomic mass is 32.2. The van der Waals surface area contributed by atoms with E-state index >= 15 is 0 Å². The second kappa shape index (κ2) is 7.29. The minimum Gasteiger partial charge on any atom is -0.332 e. The van der Waals surface area contributed by atoms with E-state index in [2.05, 4.69) is 6.92 Å². The standard InChI is InChI=1S/C21H28N2O2S/c1-17-8-12-22(13-9-17)20-10-14-23(15-11-20)26(24,25)21-7-6-18-4-2-3-5-19(18)16-21/h2-7,16-17,20H,8-15H2,1H3/p+1. The van der Waals surface area contributed by atoms with E-state index in [4.69, 9.17) is 0 Å². The van der Waals surface area contributed by atoms with Gasteiger partial charge in [-0.15, -0.1) is 0 Å². The number of hydrogen-bond donors (Lipinski definition) is 1. The van der Waals surface area contributed by atoms with Gasteiger partial charge in [-0.25, -0.2) is 8.42 Å². The highest BCUT2D eigenvalue weighted by molar-refractivity contribution is 7.89. The molecule has 0 bridgehead atoms. The first-order valence-electron chi connectivity index (χ1n) is 9.87. The number of piperidine rings is 2. The Kier molecular flexibility index (Phi) is 5.04. The van der Waals surface area contributed by atoms with Gasteiger partial charge >= 0.3 is 0 Å². The average molecular weight is 374 g/mol. The fourth-order valence-electron chi connectivity index (χ4n) is 4.52. The summed E-state index contributed by atoms with van der Waals surface area (Å²) in [7, 11) is -3.39. The Hall–Kier alpha value is -1.43. The average Bonchev–Trinajstić information content (AvgIpc) is 2.68. The van der Waals surface area contributed by atoms with Crippen LogP contribution < -0.4 is 4.90 Å². The summed E-state index contributed by atoms with van der Waals surface area (Å²) in [6, 6.07) is 14.0. The minimum atomic E-state index is -3.39. The van der Waals surface area contributed by atoms with Crippen molar-refractivity contribution >= 4 is 20.8 Å². The number of quaternary nitrogens is 1. The van der Waals surface area contributed by atoms with Gasteiger partial charge in [0.2, 0.25) is 10.0 Å². The zero-order chi connectivity index (χ0) is 18.1. The van der Waals surface area contributed by atoms with Gasteiger partial charge in [0.15, 0.2) is 0 Å². The van der Waals surface area contributed by atoms with Crippen LogP contribution in [0.15, 0.2) is 47.4 Å². The van der Waals surface area contributed by atoms with Gasteiger partial charge < -0.3 is 4.90 Å². The van der Waals surface area contributed by atoms with Gasteiger partial charge in [-0.05, 0) is 41.7 Å². The Morgan fingerprint density at radius 2 is 1.58 bits per heavy atom. The monoisotopic (exact) mass is 373 g/mol. The van der Waals surface area contributed by atoms with Crippen molar-refractivity contribution in [3.8, 4) is 0 Å². The van der Waals surface area contributed by atoms with Gasteiger partial charge in [0.05, 0.1) is 24.0 Å². The van der Waals surface area contributed by atoms with Crippen LogP contribution in [0, 0.1) is 5.92 Å². The molecule has 0 amide bonds. The normalized spacial score (nSPS) is 26.2. The van der Waals surface area contributed by atoms with E-state index in [9.17, 15) is 8.42 Å². The zero-order valence-electron chi connectivity index (χ0n) is 15.5. The first kappa shape index (κ1) is 18.0. The maximum Gasteiger partial charge on any atom is 0.243 e. The molecule has 5 heteroatoms. The number of sulfonamides is 1. The largest absolute Gasteiger partial charge is 0.332 e. The van der Waals surface area contributed by atoms with Gasteiger partial charge in [-0.2, -0.15) is 4.31 Å². The molecule has 0 aromatic heterocycles. The van der Waals surface area contributed by atoms with Crippen molar-refractivity contribution in [1.82, 2.24) is 4.31 Å². The molecule has 1 N–H and O–H groups in total. The molecule has 4 rings (SSSR count). The first-order chi connectivity index (χ1) is 12.5. The Bertz CT molecular complexity index is 864. The van der Waals surface area contributed by atoms with E-state index in [0.29, 0.717) is 24.0 Å². The van der Waals surface area contributed by atoms with Gasteiger partial charge in [0, 0.05) is 25.9 Å². The molecule has 0 radical (unpaired) electrons. The van der Waals surface area contributed by atoms with Crippen molar-refractivity contribution in [2.45, 2.75) is 43.5 Å². The smallest absolute Gasteiger partial charge is 0.243 e. The molecular formula is C21H29N2O2S+. The molecule has 0 spiro atoms. The van der Waals surface area contributed by atoms with Crippen LogP contribution in [0.5, 0.6) is 0 Å². The van der Waals surface area contributed by atoms with E-state index < -0.39 is 10.0 Å². The van der Waals surface area contributed by atoms with Crippen LogP contribution >= 0.6 is 0 Å². The van der Waals surface area contributed by atoms with E-state index in [0.717, 1.165) is 29.5 Å². The van der Waals surface area contributed by atoms with E-state index in [1.165, 1.54) is 25.9 Å². The molecule has 2 aliphatic heterocycles. The van der Waals surface area contributed by atoms with Crippen molar-refractivity contribution < 1.29 is 13.3 Å². The summed E-state index contributed by atoms with van der Waals surface area (Å²) in [4.78, 5) is 2.12. The Morgan fingerprint density at radius 1 is 0.923 bits per heavy atom. The van der Waals surface area contributed by atoms with Crippen LogP contribution in [0.25, 0.3) is 10.8 Å².